The summed E-state index contributed by atoms with van der Waals surface area (Å²) < 4.78 is 0. The van der Waals surface area contributed by atoms with Crippen LogP contribution in [0.15, 0.2) is 42.7 Å². The van der Waals surface area contributed by atoms with Crippen LogP contribution in [-0.2, 0) is 10.5 Å². The zero-order valence-electron chi connectivity index (χ0n) is 12.8. The molecule has 0 aliphatic carbocycles. The van der Waals surface area contributed by atoms with Crippen LogP contribution in [0.5, 0.6) is 5.75 Å². The average Bonchev–Trinajstić information content (AvgIpc) is 2.58. The molecule has 7 nitrogen and oxygen atoms in total. The third-order valence-corrected chi connectivity index (χ3v) is 4.16. The number of carbonyl (C=O) groups is 2. The van der Waals surface area contributed by atoms with Gasteiger partial charge in [0.25, 0.3) is 5.91 Å². The molecular formula is C16H17N3O4S. The minimum Gasteiger partial charge on any atom is -0.505 e. The van der Waals surface area contributed by atoms with E-state index in [-0.39, 0.29) is 17.9 Å². The number of carboxylic acids is 1. The second-order valence-corrected chi connectivity index (χ2v) is 6.00. The maximum atomic E-state index is 12.0. The molecule has 2 rings (SSSR count). The van der Waals surface area contributed by atoms with Crippen LogP contribution in [0.3, 0.4) is 0 Å². The molecule has 24 heavy (non-hydrogen) atoms. The Morgan fingerprint density at radius 1 is 1.17 bits per heavy atom. The largest absolute Gasteiger partial charge is 0.505 e. The monoisotopic (exact) mass is 347 g/mol. The predicted octanol–water partition coefficient (Wildman–Crippen LogP) is 1.69. The normalized spacial score (nSPS) is 11.7. The summed E-state index contributed by atoms with van der Waals surface area (Å²) in [5.74, 6) is -0.916. The first-order valence-corrected chi connectivity index (χ1v) is 8.38. The number of carbonyl (C=O) groups excluding carboxylic acids is 1. The Balaban J connectivity index is 1.85. The smallest absolute Gasteiger partial charge is 0.326 e. The minimum absolute atomic E-state index is 0.190. The van der Waals surface area contributed by atoms with Crippen LogP contribution in [0.4, 0.5) is 0 Å². The van der Waals surface area contributed by atoms with E-state index in [4.69, 9.17) is 0 Å². The molecule has 0 saturated carbocycles. The van der Waals surface area contributed by atoms with Gasteiger partial charge in [0.15, 0.2) is 5.69 Å². The molecule has 0 aromatic carbocycles. The van der Waals surface area contributed by atoms with E-state index in [1.807, 2.05) is 18.2 Å². The molecule has 0 fully saturated rings. The molecule has 3 N–H and O–H groups in total. The highest BCUT2D eigenvalue weighted by Crippen LogP contribution is 2.14. The zero-order valence-corrected chi connectivity index (χ0v) is 13.6. The number of nitrogens with one attached hydrogen (secondary N) is 1. The SMILES string of the molecule is O=C(N[C@H](CCSCc1ccccn1)C(=O)O)c1ncccc1O. The Kier molecular flexibility index (Phi) is 6.56. The highest BCUT2D eigenvalue weighted by molar-refractivity contribution is 7.98. The number of nitrogens with zero attached hydrogens (tertiary/aromatic N) is 2. The van der Waals surface area contributed by atoms with Crippen molar-refractivity contribution < 1.29 is 19.8 Å². The van der Waals surface area contributed by atoms with Crippen molar-refractivity contribution >= 4 is 23.6 Å². The number of rotatable bonds is 8. The van der Waals surface area contributed by atoms with Gasteiger partial charge in [-0.1, -0.05) is 6.07 Å². The topological polar surface area (TPSA) is 112 Å². The Morgan fingerprint density at radius 2 is 1.96 bits per heavy atom. The third-order valence-electron chi connectivity index (χ3n) is 3.13. The van der Waals surface area contributed by atoms with Gasteiger partial charge >= 0.3 is 5.97 Å². The van der Waals surface area contributed by atoms with Crippen molar-refractivity contribution in [2.45, 2.75) is 18.2 Å². The van der Waals surface area contributed by atoms with E-state index in [9.17, 15) is 19.8 Å². The van der Waals surface area contributed by atoms with Crippen molar-refractivity contribution in [2.75, 3.05) is 5.75 Å². The molecule has 126 valence electrons. The number of pyridine rings is 2. The van der Waals surface area contributed by atoms with Gasteiger partial charge in [0.05, 0.1) is 5.69 Å². The average molecular weight is 347 g/mol. The van der Waals surface area contributed by atoms with Crippen molar-refractivity contribution in [3.8, 4) is 5.75 Å². The number of hydrogen-bond acceptors (Lipinski definition) is 6. The fourth-order valence-electron chi connectivity index (χ4n) is 1.92. The van der Waals surface area contributed by atoms with Gasteiger partial charge in [-0.2, -0.15) is 11.8 Å². The van der Waals surface area contributed by atoms with Crippen LogP contribution in [0.25, 0.3) is 0 Å². The van der Waals surface area contributed by atoms with Crippen LogP contribution in [0, 0.1) is 0 Å². The summed E-state index contributed by atoms with van der Waals surface area (Å²) in [7, 11) is 0. The summed E-state index contributed by atoms with van der Waals surface area (Å²) in [5.41, 5.74) is 0.724. The molecule has 0 aliphatic heterocycles. The molecule has 2 heterocycles. The first-order valence-electron chi connectivity index (χ1n) is 7.23. The standard InChI is InChI=1S/C16H17N3O4S/c20-13-5-3-8-18-14(13)15(21)19-12(16(22)23)6-9-24-10-11-4-1-2-7-17-11/h1-5,7-8,12,20H,6,9-10H2,(H,19,21)(H,22,23)/t12-/m1/s1. The highest BCUT2D eigenvalue weighted by Gasteiger charge is 2.22. The summed E-state index contributed by atoms with van der Waals surface area (Å²) >= 11 is 1.54. The Labute approximate surface area is 143 Å². The molecule has 1 amide bonds. The first-order chi connectivity index (χ1) is 11.6. The molecule has 2 aromatic rings. The Hall–Kier alpha value is -2.61. The lowest BCUT2D eigenvalue weighted by atomic mass is 10.2. The van der Waals surface area contributed by atoms with Crippen LogP contribution in [-0.4, -0.2) is 43.9 Å². The van der Waals surface area contributed by atoms with E-state index < -0.39 is 17.9 Å². The Bertz CT molecular complexity index is 697. The second-order valence-electron chi connectivity index (χ2n) is 4.90. The minimum atomic E-state index is -1.13. The van der Waals surface area contributed by atoms with E-state index in [1.165, 1.54) is 30.1 Å². The van der Waals surface area contributed by atoms with Crippen LogP contribution in [0.1, 0.15) is 22.6 Å². The van der Waals surface area contributed by atoms with Gasteiger partial charge in [-0.15, -0.1) is 0 Å². The Morgan fingerprint density at radius 3 is 2.62 bits per heavy atom. The number of aromatic nitrogens is 2. The van der Waals surface area contributed by atoms with Crippen molar-refractivity contribution in [2.24, 2.45) is 0 Å². The van der Waals surface area contributed by atoms with Crippen LogP contribution in [0.2, 0.25) is 0 Å². The quantitative estimate of drug-likeness (QED) is 0.623. The highest BCUT2D eigenvalue weighted by atomic mass is 32.2. The summed E-state index contributed by atoms with van der Waals surface area (Å²) in [5, 5.41) is 21.2. The van der Waals surface area contributed by atoms with Crippen LogP contribution < -0.4 is 5.32 Å². The van der Waals surface area contributed by atoms with Gasteiger partial charge < -0.3 is 15.5 Å². The lowest BCUT2D eigenvalue weighted by Gasteiger charge is -2.14. The number of carboxylic acid groups (broad SMARTS) is 1. The molecule has 0 bridgehead atoms. The zero-order chi connectivity index (χ0) is 17.4. The maximum Gasteiger partial charge on any atom is 0.326 e. The molecule has 1 atom stereocenters. The van der Waals surface area contributed by atoms with Crippen molar-refractivity contribution in [1.29, 1.82) is 0 Å². The van der Waals surface area contributed by atoms with Gasteiger partial charge in [0, 0.05) is 18.1 Å². The van der Waals surface area contributed by atoms with Gasteiger partial charge in [-0.25, -0.2) is 9.78 Å². The van der Waals surface area contributed by atoms with E-state index in [1.54, 1.807) is 6.20 Å². The van der Waals surface area contributed by atoms with Crippen molar-refractivity contribution in [1.82, 2.24) is 15.3 Å². The molecule has 8 heteroatoms. The van der Waals surface area contributed by atoms with Gasteiger partial charge in [-0.05, 0) is 36.4 Å². The van der Waals surface area contributed by atoms with Crippen molar-refractivity contribution in [3.05, 3.63) is 54.1 Å². The third kappa shape index (κ3) is 5.24. The van der Waals surface area contributed by atoms with Crippen molar-refractivity contribution in [3.63, 3.8) is 0 Å². The van der Waals surface area contributed by atoms with E-state index in [2.05, 4.69) is 15.3 Å². The van der Waals surface area contributed by atoms with E-state index in [0.29, 0.717) is 11.5 Å². The fraction of sp³-hybridized carbons (Fsp3) is 0.250. The number of aromatic hydroxyl groups is 1. The van der Waals surface area contributed by atoms with E-state index in [0.717, 1.165) is 5.69 Å². The lowest BCUT2D eigenvalue weighted by Crippen LogP contribution is -2.41. The van der Waals surface area contributed by atoms with Gasteiger partial charge in [0.2, 0.25) is 0 Å². The molecule has 0 radical (unpaired) electrons. The summed E-state index contributed by atoms with van der Waals surface area (Å²) in [6, 6.07) is 7.37. The molecular weight excluding hydrogens is 330 g/mol. The lowest BCUT2D eigenvalue weighted by molar-refractivity contribution is -0.139. The number of thioether (sulfide) groups is 1. The molecule has 0 spiro atoms. The molecule has 0 unspecified atom stereocenters. The first kappa shape index (κ1) is 17.7. The summed E-state index contributed by atoms with van der Waals surface area (Å²) in [6.07, 6.45) is 3.31. The molecule has 0 aliphatic rings. The molecule has 2 aromatic heterocycles. The number of amides is 1. The number of hydrogen-bond donors (Lipinski definition) is 3. The number of aliphatic carboxylic acids is 1. The summed E-state index contributed by atoms with van der Waals surface area (Å²) in [4.78, 5) is 31.3. The van der Waals surface area contributed by atoms with Crippen LogP contribution >= 0.6 is 11.8 Å². The van der Waals surface area contributed by atoms with E-state index >= 15 is 0 Å². The fourth-order valence-corrected chi connectivity index (χ4v) is 2.84. The predicted molar refractivity (Wildman–Crippen MR) is 89.8 cm³/mol. The summed E-state index contributed by atoms with van der Waals surface area (Å²) in [6.45, 7) is 0. The van der Waals surface area contributed by atoms with Gasteiger partial charge in [-0.3, -0.25) is 9.78 Å². The molecule has 0 saturated heterocycles. The maximum absolute atomic E-state index is 12.0. The van der Waals surface area contributed by atoms with Gasteiger partial charge in [0.1, 0.15) is 11.8 Å². The second kappa shape index (κ2) is 8.88.